The lowest BCUT2D eigenvalue weighted by Gasteiger charge is -2.76. The van der Waals surface area contributed by atoms with Gasteiger partial charge in [-0.25, -0.2) is 4.39 Å². The van der Waals surface area contributed by atoms with Crippen LogP contribution >= 0.6 is 0 Å². The predicted molar refractivity (Wildman–Crippen MR) is 242 cm³/mol. The summed E-state index contributed by atoms with van der Waals surface area (Å²) in [4.78, 5) is 13.4. The maximum Gasteiger partial charge on any atom is 0.315 e. The Morgan fingerprint density at radius 1 is 0.850 bits per heavy atom. The maximum atomic E-state index is 14.8. The summed E-state index contributed by atoms with van der Waals surface area (Å²) < 4.78 is 20.6. The average Bonchev–Trinajstić information content (AvgIpc) is 4.17. The Labute approximate surface area is 363 Å². The molecule has 60 heavy (non-hydrogen) atoms. The van der Waals surface area contributed by atoms with Gasteiger partial charge in [-0.3, -0.25) is 4.79 Å². The second-order valence-electron chi connectivity index (χ2n) is 24.1. The van der Waals surface area contributed by atoms with Gasteiger partial charge in [0.05, 0.1) is 11.0 Å². The fourth-order valence-electron chi connectivity index (χ4n) is 17.3. The molecule has 10 atom stereocenters. The zero-order chi connectivity index (χ0) is 42.6. The van der Waals surface area contributed by atoms with Crippen molar-refractivity contribution in [1.82, 2.24) is 5.32 Å². The monoisotopic (exact) mass is 822 g/mol. The largest absolute Gasteiger partial charge is 0.460 e. The Bertz CT molecular complexity index is 1880. The van der Waals surface area contributed by atoms with Crippen LogP contribution in [0.25, 0.3) is 0 Å². The van der Waals surface area contributed by atoms with E-state index >= 15 is 0 Å². The predicted octanol–water partition coefficient (Wildman–Crippen LogP) is 12.9. The SMILES string of the molecule is C=C(C)[C@@H]1CC[C@]2(CNCCC(O)(C3CC3)C3CC3)CC[C@@]3(C)[C@]4(C)CC[C@H]5C(C)(C)C(C6=CC[C@](CF)(C(=O)OCc7ccccc7)CC6)=CC[C@]5(C)[C@H]4CC[C@]3(C)[C@@H]12. The summed E-state index contributed by atoms with van der Waals surface area (Å²) in [5, 5.41) is 15.8. The number of halogens is 1. The smallest absolute Gasteiger partial charge is 0.315 e. The molecule has 0 unspecified atom stereocenters. The number of rotatable bonds is 13. The van der Waals surface area contributed by atoms with Crippen LogP contribution in [0.5, 0.6) is 0 Å². The van der Waals surface area contributed by atoms with Crippen molar-refractivity contribution in [1.29, 1.82) is 0 Å². The van der Waals surface area contributed by atoms with Crippen LogP contribution in [-0.4, -0.2) is 36.4 Å². The summed E-state index contributed by atoms with van der Waals surface area (Å²) in [5.74, 6) is 3.16. The fraction of sp³-hybridized carbons (Fsp3) is 0.764. The molecule has 6 saturated carbocycles. The Morgan fingerprint density at radius 3 is 2.17 bits per heavy atom. The third-order valence-corrected chi connectivity index (χ3v) is 21.2. The van der Waals surface area contributed by atoms with Gasteiger partial charge in [0.25, 0.3) is 0 Å². The lowest BCUT2D eigenvalue weighted by Crippen LogP contribution is -2.69. The lowest BCUT2D eigenvalue weighted by molar-refractivity contribution is -0.264. The van der Waals surface area contributed by atoms with E-state index in [4.69, 9.17) is 11.3 Å². The number of benzene rings is 1. The Morgan fingerprint density at radius 2 is 1.53 bits per heavy atom. The third kappa shape index (κ3) is 6.39. The van der Waals surface area contributed by atoms with Crippen LogP contribution in [0.1, 0.15) is 163 Å². The van der Waals surface area contributed by atoms with Crippen molar-refractivity contribution >= 4 is 5.97 Å². The van der Waals surface area contributed by atoms with E-state index in [9.17, 15) is 14.3 Å². The van der Waals surface area contributed by atoms with Crippen LogP contribution in [0.2, 0.25) is 0 Å². The second-order valence-corrected chi connectivity index (χ2v) is 24.1. The molecule has 0 spiro atoms. The first kappa shape index (κ1) is 43.0. The van der Waals surface area contributed by atoms with E-state index in [1.54, 1.807) is 0 Å². The molecule has 9 rings (SSSR count). The van der Waals surface area contributed by atoms with E-state index in [0.717, 1.165) is 37.9 Å². The van der Waals surface area contributed by atoms with Gasteiger partial charge in [-0.15, -0.1) is 0 Å². The van der Waals surface area contributed by atoms with Crippen molar-refractivity contribution in [2.75, 3.05) is 19.8 Å². The molecular formula is C55H80FNO3. The third-order valence-electron chi connectivity index (χ3n) is 21.2. The van der Waals surface area contributed by atoms with Crippen LogP contribution in [-0.2, 0) is 16.1 Å². The zero-order valence-corrected chi connectivity index (χ0v) is 38.7. The van der Waals surface area contributed by atoms with Gasteiger partial charge in [-0.1, -0.05) is 96.2 Å². The average molecular weight is 822 g/mol. The number of aliphatic hydroxyl groups is 1. The fourth-order valence-corrected chi connectivity index (χ4v) is 17.3. The van der Waals surface area contributed by atoms with Gasteiger partial charge in [-0.05, 0) is 207 Å². The molecule has 1 aromatic carbocycles. The first-order valence-corrected chi connectivity index (χ1v) is 24.7. The summed E-state index contributed by atoms with van der Waals surface area (Å²) in [6.45, 7) is 24.6. The van der Waals surface area contributed by atoms with Gasteiger partial charge in [0, 0.05) is 6.54 Å². The molecule has 5 heteroatoms. The molecule has 2 N–H and O–H groups in total. The molecular weight excluding hydrogens is 742 g/mol. The molecule has 0 aromatic heterocycles. The van der Waals surface area contributed by atoms with Gasteiger partial charge < -0.3 is 15.2 Å². The standard InChI is InChI=1S/C55H80FNO3/c1-37(2)42-20-29-54(36-57-33-32-55(59,40-14-15-40)41-16-17-41)31-30-52(8)50(6)25-22-44-48(3,4)43(21-24-49(44,5)45(50)23-26-51(52,7)46(42)54)39-18-27-53(35-56,28-19-39)47(58)60-34-38-12-10-9-11-13-38/h9-13,18,21,40-42,44-46,57,59H,1,14-17,19-20,22-36H2,2-8H3/t42-,44-,45+,46+,49-,50+,51+,52-,53-,54+/m0/s1. The molecule has 4 nitrogen and oxygen atoms in total. The van der Waals surface area contributed by atoms with Gasteiger partial charge in [-0.2, -0.15) is 0 Å². The summed E-state index contributed by atoms with van der Waals surface area (Å²) in [6.07, 6.45) is 23.7. The highest BCUT2D eigenvalue weighted by molar-refractivity contribution is 5.78. The minimum absolute atomic E-state index is 0.000407. The van der Waals surface area contributed by atoms with E-state index in [1.807, 2.05) is 30.3 Å². The molecule has 0 saturated heterocycles. The van der Waals surface area contributed by atoms with Crippen molar-refractivity contribution in [3.8, 4) is 0 Å². The van der Waals surface area contributed by atoms with Crippen molar-refractivity contribution in [2.45, 2.75) is 170 Å². The quantitative estimate of drug-likeness (QED) is 0.118. The van der Waals surface area contributed by atoms with Crippen LogP contribution in [0.3, 0.4) is 0 Å². The molecule has 0 bridgehead atoms. The molecule has 0 amide bonds. The van der Waals surface area contributed by atoms with Crippen LogP contribution in [0, 0.1) is 73.4 Å². The van der Waals surface area contributed by atoms with E-state index < -0.39 is 23.7 Å². The molecule has 330 valence electrons. The number of ether oxygens (including phenoxy) is 1. The summed E-state index contributed by atoms with van der Waals surface area (Å²) in [6, 6.07) is 9.72. The summed E-state index contributed by atoms with van der Waals surface area (Å²) in [7, 11) is 0. The Hall–Kier alpha value is -2.24. The van der Waals surface area contributed by atoms with Crippen molar-refractivity contribution in [3.05, 3.63) is 71.3 Å². The number of alkyl halides is 1. The molecule has 1 aromatic rings. The number of esters is 1. The molecule has 0 radical (unpaired) electrons. The summed E-state index contributed by atoms with van der Waals surface area (Å²) in [5.41, 5.74) is 4.89. The van der Waals surface area contributed by atoms with E-state index in [0.29, 0.717) is 53.8 Å². The molecule has 0 aliphatic heterocycles. The zero-order valence-electron chi connectivity index (χ0n) is 38.7. The normalized spacial score (nSPS) is 42.1. The van der Waals surface area contributed by atoms with Gasteiger partial charge in [0.1, 0.15) is 13.3 Å². The van der Waals surface area contributed by atoms with Crippen molar-refractivity contribution in [2.24, 2.45) is 73.4 Å². The number of carbonyl (C=O) groups is 1. The first-order chi connectivity index (χ1) is 28.4. The van der Waals surface area contributed by atoms with Crippen LogP contribution in [0.4, 0.5) is 4.39 Å². The maximum absolute atomic E-state index is 14.8. The van der Waals surface area contributed by atoms with Crippen LogP contribution < -0.4 is 5.32 Å². The number of fused-ring (bicyclic) bond motifs is 7. The van der Waals surface area contributed by atoms with Crippen LogP contribution in [0.15, 0.2) is 65.8 Å². The number of hydrogen-bond acceptors (Lipinski definition) is 4. The highest BCUT2D eigenvalue weighted by Crippen LogP contribution is 2.81. The Kier molecular flexibility index (Phi) is 10.7. The molecule has 0 heterocycles. The van der Waals surface area contributed by atoms with Gasteiger partial charge in [0.2, 0.25) is 0 Å². The van der Waals surface area contributed by atoms with Gasteiger partial charge >= 0.3 is 5.97 Å². The lowest BCUT2D eigenvalue weighted by atomic mass is 9.29. The van der Waals surface area contributed by atoms with Gasteiger partial charge in [0.15, 0.2) is 0 Å². The number of carbonyl (C=O) groups excluding carboxylic acids is 1. The topological polar surface area (TPSA) is 58.6 Å². The number of allylic oxidation sites excluding steroid dienone is 5. The van der Waals surface area contributed by atoms with Crippen molar-refractivity contribution < 1.29 is 19.0 Å². The molecule has 8 aliphatic rings. The number of hydrogen-bond donors (Lipinski definition) is 2. The molecule has 6 fully saturated rings. The van der Waals surface area contributed by atoms with E-state index in [1.165, 1.54) is 93.8 Å². The second kappa shape index (κ2) is 14.9. The molecule has 8 aliphatic carbocycles. The highest BCUT2D eigenvalue weighted by Gasteiger charge is 2.74. The minimum Gasteiger partial charge on any atom is -0.460 e. The van der Waals surface area contributed by atoms with E-state index in [2.05, 4.69) is 65.9 Å². The minimum atomic E-state index is -1.09. The van der Waals surface area contributed by atoms with Crippen molar-refractivity contribution in [3.63, 3.8) is 0 Å². The first-order valence-electron chi connectivity index (χ1n) is 24.7. The summed E-state index contributed by atoms with van der Waals surface area (Å²) >= 11 is 0. The number of nitrogens with one attached hydrogen (secondary N) is 1. The highest BCUT2D eigenvalue weighted by atomic mass is 19.1. The Balaban J connectivity index is 0.935. The van der Waals surface area contributed by atoms with E-state index in [-0.39, 0.29) is 33.7 Å².